The first-order chi connectivity index (χ1) is 13.3. The first-order valence-electron chi connectivity index (χ1n) is 9.32. The van der Waals surface area contributed by atoms with Crippen LogP contribution in [0.4, 0.5) is 4.39 Å². The van der Waals surface area contributed by atoms with E-state index in [9.17, 15) is 4.39 Å². The van der Waals surface area contributed by atoms with Crippen LogP contribution in [0.5, 0.6) is 0 Å². The van der Waals surface area contributed by atoms with Gasteiger partial charge in [-0.3, -0.25) is 14.8 Å². The monoisotopic (exact) mass is 360 g/mol. The van der Waals surface area contributed by atoms with Gasteiger partial charge in [-0.25, -0.2) is 9.37 Å². The van der Waals surface area contributed by atoms with Gasteiger partial charge in [-0.15, -0.1) is 0 Å². The molecule has 27 heavy (non-hydrogen) atoms. The molecule has 1 N–H and O–H groups in total. The Labute approximate surface area is 154 Å². The van der Waals surface area contributed by atoms with Crippen molar-refractivity contribution in [1.29, 1.82) is 0 Å². The van der Waals surface area contributed by atoms with E-state index < -0.39 is 0 Å². The van der Waals surface area contributed by atoms with Crippen molar-refractivity contribution in [2.24, 2.45) is 0 Å². The SMILES string of the molecule is Fc1ccc(-c2nn3c(c2-c2ccnc4[nH]ncc24)C2CCC3CC2)nc1. The molecule has 134 valence electrons. The molecule has 3 aliphatic rings. The number of aromatic amines is 1. The zero-order chi connectivity index (χ0) is 18.0. The third-order valence-electron chi connectivity index (χ3n) is 5.97. The van der Waals surface area contributed by atoms with Crippen LogP contribution in [-0.2, 0) is 0 Å². The predicted molar refractivity (Wildman–Crippen MR) is 98.5 cm³/mol. The zero-order valence-electron chi connectivity index (χ0n) is 14.6. The van der Waals surface area contributed by atoms with E-state index in [1.807, 2.05) is 12.3 Å². The number of nitrogens with zero attached hydrogens (tertiary/aromatic N) is 5. The fourth-order valence-electron chi connectivity index (χ4n) is 4.74. The molecule has 0 radical (unpaired) electrons. The average Bonchev–Trinajstić information content (AvgIpc) is 3.35. The summed E-state index contributed by atoms with van der Waals surface area (Å²) in [5, 5.41) is 13.1. The standard InChI is InChI=1S/C20H17FN6/c21-12-3-6-16(23-9-12)18-17(14-7-8-22-20-15(14)10-24-25-20)19-11-1-4-13(5-2-11)27(19)26-18/h3,6-11,13H,1-2,4-5H2,(H,22,24,25). The van der Waals surface area contributed by atoms with Gasteiger partial charge in [-0.05, 0) is 49.4 Å². The highest BCUT2D eigenvalue weighted by molar-refractivity contribution is 5.97. The maximum Gasteiger partial charge on any atom is 0.155 e. The minimum Gasteiger partial charge on any atom is -0.265 e. The Balaban J connectivity index is 1.69. The van der Waals surface area contributed by atoms with Crippen molar-refractivity contribution < 1.29 is 4.39 Å². The lowest BCUT2D eigenvalue weighted by Gasteiger charge is -2.37. The molecule has 1 saturated carbocycles. The molecular weight excluding hydrogens is 343 g/mol. The van der Waals surface area contributed by atoms with Crippen LogP contribution in [0, 0.1) is 5.82 Å². The van der Waals surface area contributed by atoms with Gasteiger partial charge in [0, 0.05) is 23.1 Å². The molecule has 0 unspecified atom stereocenters. The van der Waals surface area contributed by atoms with Crippen LogP contribution >= 0.6 is 0 Å². The van der Waals surface area contributed by atoms with Gasteiger partial charge in [0.05, 0.1) is 29.8 Å². The number of fused-ring (bicyclic) bond motifs is 3. The van der Waals surface area contributed by atoms with Crippen LogP contribution in [0.1, 0.15) is 43.3 Å². The van der Waals surface area contributed by atoms with Crippen molar-refractivity contribution >= 4 is 11.0 Å². The summed E-state index contributed by atoms with van der Waals surface area (Å²) in [7, 11) is 0. The van der Waals surface area contributed by atoms with Crippen LogP contribution in [0.25, 0.3) is 33.5 Å². The van der Waals surface area contributed by atoms with E-state index in [2.05, 4.69) is 24.8 Å². The molecule has 0 saturated heterocycles. The molecular formula is C20H17FN6. The zero-order valence-corrected chi connectivity index (χ0v) is 14.6. The lowest BCUT2D eigenvalue weighted by atomic mass is 9.77. The molecule has 7 heteroatoms. The summed E-state index contributed by atoms with van der Waals surface area (Å²) in [6, 6.07) is 5.62. The molecule has 0 atom stereocenters. The Morgan fingerprint density at radius 2 is 1.93 bits per heavy atom. The van der Waals surface area contributed by atoms with E-state index in [1.165, 1.54) is 43.6 Å². The van der Waals surface area contributed by atoms with Crippen molar-refractivity contribution in [2.75, 3.05) is 0 Å². The fourth-order valence-corrected chi connectivity index (χ4v) is 4.74. The Morgan fingerprint density at radius 3 is 2.74 bits per heavy atom. The molecule has 6 heterocycles. The highest BCUT2D eigenvalue weighted by Crippen LogP contribution is 2.51. The fraction of sp³-hybridized carbons (Fsp3) is 0.300. The summed E-state index contributed by atoms with van der Waals surface area (Å²) < 4.78 is 15.7. The van der Waals surface area contributed by atoms with E-state index in [4.69, 9.17) is 5.10 Å². The minimum absolute atomic E-state index is 0.342. The number of rotatable bonds is 2. The lowest BCUT2D eigenvalue weighted by molar-refractivity contribution is 0.240. The molecule has 1 fully saturated rings. The molecule has 2 aliphatic heterocycles. The highest BCUT2D eigenvalue weighted by atomic mass is 19.1. The van der Waals surface area contributed by atoms with Gasteiger partial charge >= 0.3 is 0 Å². The molecule has 0 spiro atoms. The van der Waals surface area contributed by atoms with E-state index in [1.54, 1.807) is 12.3 Å². The molecule has 2 bridgehead atoms. The third-order valence-corrected chi connectivity index (χ3v) is 5.97. The Kier molecular flexibility index (Phi) is 3.03. The van der Waals surface area contributed by atoms with Crippen LogP contribution < -0.4 is 0 Å². The van der Waals surface area contributed by atoms with Crippen molar-refractivity contribution in [3.05, 3.63) is 48.3 Å². The summed E-state index contributed by atoms with van der Waals surface area (Å²) in [4.78, 5) is 8.70. The van der Waals surface area contributed by atoms with Gasteiger partial charge in [-0.2, -0.15) is 10.2 Å². The first kappa shape index (κ1) is 15.0. The maximum absolute atomic E-state index is 13.4. The largest absolute Gasteiger partial charge is 0.265 e. The van der Waals surface area contributed by atoms with Crippen LogP contribution in [-0.4, -0.2) is 29.9 Å². The summed E-state index contributed by atoms with van der Waals surface area (Å²) >= 11 is 0. The van der Waals surface area contributed by atoms with Gasteiger partial charge in [-0.1, -0.05) is 0 Å². The maximum atomic E-state index is 13.4. The van der Waals surface area contributed by atoms with Gasteiger partial charge in [0.2, 0.25) is 0 Å². The van der Waals surface area contributed by atoms with Crippen molar-refractivity contribution in [3.63, 3.8) is 0 Å². The topological polar surface area (TPSA) is 72.3 Å². The Hall–Kier alpha value is -3.09. The predicted octanol–water partition coefficient (Wildman–Crippen LogP) is 4.23. The van der Waals surface area contributed by atoms with E-state index in [-0.39, 0.29) is 5.82 Å². The summed E-state index contributed by atoms with van der Waals surface area (Å²) in [6.45, 7) is 0. The number of hydrogen-bond donors (Lipinski definition) is 1. The van der Waals surface area contributed by atoms with Gasteiger partial charge in [0.25, 0.3) is 0 Å². The summed E-state index contributed by atoms with van der Waals surface area (Å²) in [6.07, 6.45) is 9.59. The first-order valence-corrected chi connectivity index (χ1v) is 9.32. The van der Waals surface area contributed by atoms with Gasteiger partial charge in [0.15, 0.2) is 5.65 Å². The Morgan fingerprint density at radius 1 is 1.04 bits per heavy atom. The molecule has 4 aromatic rings. The van der Waals surface area contributed by atoms with Crippen LogP contribution in [0.2, 0.25) is 0 Å². The van der Waals surface area contributed by atoms with Crippen molar-refractivity contribution in [3.8, 4) is 22.5 Å². The number of pyridine rings is 2. The second-order valence-corrected chi connectivity index (χ2v) is 7.41. The lowest BCUT2D eigenvalue weighted by Crippen LogP contribution is -2.28. The minimum atomic E-state index is -0.342. The molecule has 0 amide bonds. The number of nitrogens with one attached hydrogen (secondary N) is 1. The quantitative estimate of drug-likeness (QED) is 0.580. The van der Waals surface area contributed by atoms with Gasteiger partial charge in [0.1, 0.15) is 11.5 Å². The second-order valence-electron chi connectivity index (χ2n) is 7.41. The second kappa shape index (κ2) is 5.45. The summed E-state index contributed by atoms with van der Waals surface area (Å²) in [5.41, 5.74) is 5.71. The highest BCUT2D eigenvalue weighted by Gasteiger charge is 2.38. The molecule has 4 aromatic heterocycles. The van der Waals surface area contributed by atoms with E-state index >= 15 is 0 Å². The number of halogens is 1. The van der Waals surface area contributed by atoms with Crippen LogP contribution in [0.15, 0.2) is 36.8 Å². The average molecular weight is 360 g/mol. The van der Waals surface area contributed by atoms with Crippen molar-refractivity contribution in [2.45, 2.75) is 37.6 Å². The van der Waals surface area contributed by atoms with Gasteiger partial charge < -0.3 is 0 Å². The van der Waals surface area contributed by atoms with Crippen molar-refractivity contribution in [1.82, 2.24) is 29.9 Å². The molecule has 0 aromatic carbocycles. The van der Waals surface area contributed by atoms with E-state index in [0.717, 1.165) is 27.9 Å². The number of hydrogen-bond acceptors (Lipinski definition) is 4. The smallest absolute Gasteiger partial charge is 0.155 e. The molecule has 6 nitrogen and oxygen atoms in total. The normalized spacial score (nSPS) is 20.9. The Bertz CT molecular complexity index is 1150. The molecule has 7 rings (SSSR count). The third kappa shape index (κ3) is 2.11. The number of aromatic nitrogens is 6. The van der Waals surface area contributed by atoms with Crippen LogP contribution in [0.3, 0.4) is 0 Å². The molecule has 1 aliphatic carbocycles. The number of H-pyrrole nitrogens is 1. The van der Waals surface area contributed by atoms with E-state index in [0.29, 0.717) is 17.7 Å². The summed E-state index contributed by atoms with van der Waals surface area (Å²) in [5.74, 6) is 0.160.